The second-order valence-corrected chi connectivity index (χ2v) is 8.47. The zero-order valence-corrected chi connectivity index (χ0v) is 16.4. The number of hydrogen-bond acceptors (Lipinski definition) is 5. The van der Waals surface area contributed by atoms with Crippen molar-refractivity contribution in [3.05, 3.63) is 58.7 Å². The molecule has 0 aliphatic carbocycles. The maximum absolute atomic E-state index is 12.7. The number of hydrogen-bond donors (Lipinski definition) is 1. The molecular weight excluding hydrogens is 360 g/mol. The third kappa shape index (κ3) is 3.26. The van der Waals surface area contributed by atoms with E-state index in [0.29, 0.717) is 10.8 Å². The van der Waals surface area contributed by atoms with Crippen LogP contribution in [0, 0.1) is 6.92 Å². The van der Waals surface area contributed by atoms with Gasteiger partial charge in [0.25, 0.3) is 5.91 Å². The van der Waals surface area contributed by atoms with E-state index in [9.17, 15) is 4.79 Å². The molecule has 1 amide bonds. The van der Waals surface area contributed by atoms with Crippen molar-refractivity contribution in [2.45, 2.75) is 33.1 Å². The van der Waals surface area contributed by atoms with Gasteiger partial charge in [0.15, 0.2) is 0 Å². The molecule has 0 fully saturated rings. The van der Waals surface area contributed by atoms with Crippen LogP contribution in [0.3, 0.4) is 0 Å². The number of carbonyl (C=O) groups is 1. The van der Waals surface area contributed by atoms with Crippen LogP contribution < -0.4 is 5.32 Å². The van der Waals surface area contributed by atoms with Crippen molar-refractivity contribution in [1.29, 1.82) is 0 Å². The molecule has 0 bridgehead atoms. The van der Waals surface area contributed by atoms with Crippen LogP contribution in [0.1, 0.15) is 41.8 Å². The van der Waals surface area contributed by atoms with E-state index >= 15 is 0 Å². The van der Waals surface area contributed by atoms with Gasteiger partial charge < -0.3 is 4.52 Å². The molecule has 27 heavy (non-hydrogen) atoms. The van der Waals surface area contributed by atoms with Crippen molar-refractivity contribution >= 4 is 33.3 Å². The van der Waals surface area contributed by atoms with E-state index in [1.165, 1.54) is 11.3 Å². The van der Waals surface area contributed by atoms with Crippen molar-refractivity contribution in [2.75, 3.05) is 5.32 Å². The van der Waals surface area contributed by atoms with Crippen LogP contribution in [0.4, 0.5) is 5.88 Å². The highest BCUT2D eigenvalue weighted by molar-refractivity contribution is 7.20. The molecule has 1 N–H and O–H groups in total. The van der Waals surface area contributed by atoms with Gasteiger partial charge in [-0.15, -0.1) is 11.3 Å². The van der Waals surface area contributed by atoms with Gasteiger partial charge in [-0.2, -0.15) is 5.10 Å². The third-order valence-electron chi connectivity index (χ3n) is 4.28. The largest absolute Gasteiger partial charge is 0.338 e. The number of para-hydroxylation sites is 1. The first-order valence-corrected chi connectivity index (χ1v) is 9.48. The topological polar surface area (TPSA) is 73.0 Å². The molecule has 138 valence electrons. The minimum atomic E-state index is -0.216. The number of rotatable bonds is 3. The molecule has 0 saturated carbocycles. The summed E-state index contributed by atoms with van der Waals surface area (Å²) in [5, 5.41) is 12.4. The van der Waals surface area contributed by atoms with Gasteiger partial charge in [0, 0.05) is 16.9 Å². The molecule has 6 nitrogen and oxygen atoms in total. The predicted molar refractivity (Wildman–Crippen MR) is 107 cm³/mol. The standard InChI is InChI=1S/C20H20N4O2S/c1-12-14-10-15(18(25)21-17-11-16(23-26-17)20(2,3)4)27-19(14)24(22-12)13-8-6-5-7-9-13/h5-11H,1-4H3,(H,21,25). The normalized spacial score (nSPS) is 11.9. The number of aryl methyl sites for hydroxylation is 1. The molecule has 0 atom stereocenters. The summed E-state index contributed by atoms with van der Waals surface area (Å²) in [5.74, 6) is 0.135. The molecule has 0 unspecified atom stereocenters. The van der Waals surface area contributed by atoms with Crippen LogP contribution in [-0.2, 0) is 5.41 Å². The first-order chi connectivity index (χ1) is 12.8. The number of anilines is 1. The fourth-order valence-corrected chi connectivity index (χ4v) is 3.84. The number of fused-ring (bicyclic) bond motifs is 1. The summed E-state index contributed by atoms with van der Waals surface area (Å²) in [5.41, 5.74) is 2.51. The Morgan fingerprint density at radius 2 is 1.93 bits per heavy atom. The minimum Gasteiger partial charge on any atom is -0.338 e. The summed E-state index contributed by atoms with van der Waals surface area (Å²) >= 11 is 1.41. The van der Waals surface area contributed by atoms with E-state index in [2.05, 4.69) is 15.6 Å². The second-order valence-electron chi connectivity index (χ2n) is 7.44. The van der Waals surface area contributed by atoms with Crippen molar-refractivity contribution in [1.82, 2.24) is 14.9 Å². The summed E-state index contributed by atoms with van der Waals surface area (Å²) in [6, 6.07) is 13.5. The maximum atomic E-state index is 12.7. The molecule has 0 saturated heterocycles. The van der Waals surface area contributed by atoms with Crippen LogP contribution in [0.2, 0.25) is 0 Å². The molecule has 7 heteroatoms. The molecule has 0 aliphatic rings. The van der Waals surface area contributed by atoms with Gasteiger partial charge in [0.1, 0.15) is 4.83 Å². The zero-order chi connectivity index (χ0) is 19.2. The van der Waals surface area contributed by atoms with E-state index in [1.54, 1.807) is 6.07 Å². The Kier molecular flexibility index (Phi) is 4.11. The van der Waals surface area contributed by atoms with E-state index in [-0.39, 0.29) is 11.3 Å². The highest BCUT2D eigenvalue weighted by Crippen LogP contribution is 2.31. The Balaban J connectivity index is 1.64. The Hall–Kier alpha value is -2.93. The average molecular weight is 380 g/mol. The monoisotopic (exact) mass is 380 g/mol. The Bertz CT molecular complexity index is 1120. The summed E-state index contributed by atoms with van der Waals surface area (Å²) in [4.78, 5) is 14.2. The maximum Gasteiger partial charge on any atom is 0.268 e. The zero-order valence-electron chi connectivity index (χ0n) is 15.6. The van der Waals surface area contributed by atoms with Crippen LogP contribution in [-0.4, -0.2) is 20.8 Å². The number of benzene rings is 1. The molecule has 1 aromatic carbocycles. The summed E-state index contributed by atoms with van der Waals surface area (Å²) < 4.78 is 7.13. The van der Waals surface area contributed by atoms with E-state index in [4.69, 9.17) is 4.52 Å². The number of nitrogens with zero attached hydrogens (tertiary/aromatic N) is 3. The van der Waals surface area contributed by atoms with Crippen molar-refractivity contribution in [2.24, 2.45) is 0 Å². The highest BCUT2D eigenvalue weighted by Gasteiger charge is 2.21. The van der Waals surface area contributed by atoms with Crippen molar-refractivity contribution < 1.29 is 9.32 Å². The number of amides is 1. The molecule has 3 heterocycles. The molecule has 0 spiro atoms. The van der Waals surface area contributed by atoms with Gasteiger partial charge in [0.05, 0.1) is 22.0 Å². The lowest BCUT2D eigenvalue weighted by Gasteiger charge is -2.12. The molecular formula is C20H20N4O2S. The van der Waals surface area contributed by atoms with Gasteiger partial charge in [-0.1, -0.05) is 44.1 Å². The van der Waals surface area contributed by atoms with Crippen LogP contribution >= 0.6 is 11.3 Å². The molecule has 4 rings (SSSR count). The third-order valence-corrected chi connectivity index (χ3v) is 5.39. The number of carbonyl (C=O) groups excluding carboxylic acids is 1. The van der Waals surface area contributed by atoms with E-state index in [0.717, 1.165) is 27.3 Å². The van der Waals surface area contributed by atoms with Crippen molar-refractivity contribution in [3.8, 4) is 5.69 Å². The molecule has 0 radical (unpaired) electrons. The highest BCUT2D eigenvalue weighted by atomic mass is 32.1. The van der Waals surface area contributed by atoms with E-state index < -0.39 is 0 Å². The lowest BCUT2D eigenvalue weighted by atomic mass is 9.92. The number of thiophene rings is 1. The smallest absolute Gasteiger partial charge is 0.268 e. The van der Waals surface area contributed by atoms with Gasteiger partial charge in [0.2, 0.25) is 5.88 Å². The number of aromatic nitrogens is 3. The Morgan fingerprint density at radius 1 is 1.19 bits per heavy atom. The Morgan fingerprint density at radius 3 is 2.59 bits per heavy atom. The summed E-state index contributed by atoms with van der Waals surface area (Å²) in [6.45, 7) is 8.07. The summed E-state index contributed by atoms with van der Waals surface area (Å²) in [7, 11) is 0. The second kappa shape index (κ2) is 6.35. The van der Waals surface area contributed by atoms with Gasteiger partial charge >= 0.3 is 0 Å². The quantitative estimate of drug-likeness (QED) is 0.547. The predicted octanol–water partition coefficient (Wildman–Crippen LogP) is 4.93. The van der Waals surface area contributed by atoms with Gasteiger partial charge in [-0.25, -0.2) is 4.68 Å². The Labute approximate surface area is 160 Å². The molecule has 0 aliphatic heterocycles. The van der Waals surface area contributed by atoms with Gasteiger partial charge in [-0.05, 0) is 25.1 Å². The van der Waals surface area contributed by atoms with Gasteiger partial charge in [-0.3, -0.25) is 10.1 Å². The van der Waals surface area contributed by atoms with Crippen LogP contribution in [0.5, 0.6) is 0 Å². The van der Waals surface area contributed by atoms with Crippen LogP contribution in [0.25, 0.3) is 15.9 Å². The average Bonchev–Trinajstić information content (AvgIpc) is 3.32. The van der Waals surface area contributed by atoms with E-state index in [1.807, 2.05) is 68.8 Å². The molecule has 3 aromatic heterocycles. The fourth-order valence-electron chi connectivity index (χ4n) is 2.76. The summed E-state index contributed by atoms with van der Waals surface area (Å²) in [6.07, 6.45) is 0. The van der Waals surface area contributed by atoms with Crippen molar-refractivity contribution in [3.63, 3.8) is 0 Å². The lowest BCUT2D eigenvalue weighted by Crippen LogP contribution is -2.11. The minimum absolute atomic E-state index is 0.139. The number of nitrogens with one attached hydrogen (secondary N) is 1. The first kappa shape index (κ1) is 17.5. The molecule has 4 aromatic rings. The lowest BCUT2D eigenvalue weighted by molar-refractivity contribution is 0.102. The fraction of sp³-hybridized carbons (Fsp3) is 0.250. The van der Waals surface area contributed by atoms with Crippen LogP contribution in [0.15, 0.2) is 47.0 Å². The first-order valence-electron chi connectivity index (χ1n) is 8.66. The SMILES string of the molecule is Cc1nn(-c2ccccc2)c2sc(C(=O)Nc3cc(C(C)(C)C)no3)cc12.